The first kappa shape index (κ1) is 8.97. The van der Waals surface area contributed by atoms with E-state index in [1.807, 2.05) is 0 Å². The van der Waals surface area contributed by atoms with Crippen molar-refractivity contribution < 1.29 is 9.47 Å². The third kappa shape index (κ3) is 1.92. The Hall–Kier alpha value is -0.120. The number of hydrogen-bond acceptors (Lipinski definition) is 3. The standard InChI is InChI=1S/C8H17NO2/c1-3-8(4-2)5-10-7(9)11-6-8/h7H,3-6,9H2,1-2H3. The van der Waals surface area contributed by atoms with E-state index in [0.29, 0.717) is 0 Å². The zero-order chi connectivity index (χ0) is 8.32. The van der Waals surface area contributed by atoms with E-state index >= 15 is 0 Å². The number of ether oxygens (including phenoxy) is 2. The van der Waals surface area contributed by atoms with Crippen LogP contribution in [-0.4, -0.2) is 19.6 Å². The van der Waals surface area contributed by atoms with Crippen LogP contribution < -0.4 is 5.73 Å². The summed E-state index contributed by atoms with van der Waals surface area (Å²) in [5.41, 5.74) is 5.64. The van der Waals surface area contributed by atoms with Crippen LogP contribution in [0.4, 0.5) is 0 Å². The molecule has 0 radical (unpaired) electrons. The normalized spacial score (nSPS) is 25.4. The van der Waals surface area contributed by atoms with Crippen molar-refractivity contribution in [3.63, 3.8) is 0 Å². The molecular formula is C8H17NO2. The summed E-state index contributed by atoms with van der Waals surface area (Å²) >= 11 is 0. The molecule has 1 rings (SSSR count). The van der Waals surface area contributed by atoms with E-state index in [2.05, 4.69) is 13.8 Å². The van der Waals surface area contributed by atoms with Gasteiger partial charge in [-0.3, -0.25) is 5.73 Å². The number of rotatable bonds is 2. The Kier molecular flexibility index (Phi) is 2.87. The molecule has 0 aromatic carbocycles. The minimum atomic E-state index is -0.499. The molecule has 0 aromatic rings. The van der Waals surface area contributed by atoms with Crippen LogP contribution in [-0.2, 0) is 9.47 Å². The molecule has 66 valence electrons. The summed E-state index contributed by atoms with van der Waals surface area (Å²) in [5, 5.41) is 0. The molecule has 1 saturated heterocycles. The summed E-state index contributed by atoms with van der Waals surface area (Å²) in [7, 11) is 0. The third-order valence-corrected chi connectivity index (χ3v) is 2.61. The monoisotopic (exact) mass is 159 g/mol. The quantitative estimate of drug-likeness (QED) is 0.655. The van der Waals surface area contributed by atoms with Crippen molar-refractivity contribution in [3.05, 3.63) is 0 Å². The van der Waals surface area contributed by atoms with Crippen LogP contribution >= 0.6 is 0 Å². The van der Waals surface area contributed by atoms with Crippen molar-refractivity contribution >= 4 is 0 Å². The first-order valence-corrected chi connectivity index (χ1v) is 4.21. The molecule has 0 bridgehead atoms. The molecule has 0 saturated carbocycles. The fourth-order valence-corrected chi connectivity index (χ4v) is 1.27. The van der Waals surface area contributed by atoms with Crippen molar-refractivity contribution in [2.24, 2.45) is 11.1 Å². The van der Waals surface area contributed by atoms with Gasteiger partial charge in [0, 0.05) is 5.41 Å². The minimum absolute atomic E-state index is 0.218. The molecule has 0 unspecified atom stereocenters. The SMILES string of the molecule is CCC1(CC)COC(N)OC1. The average molecular weight is 159 g/mol. The topological polar surface area (TPSA) is 44.5 Å². The van der Waals surface area contributed by atoms with E-state index in [0.717, 1.165) is 26.1 Å². The Morgan fingerprint density at radius 3 is 2.09 bits per heavy atom. The van der Waals surface area contributed by atoms with Gasteiger partial charge in [-0.05, 0) is 12.8 Å². The lowest BCUT2D eigenvalue weighted by molar-refractivity contribution is -0.227. The second-order valence-electron chi connectivity index (χ2n) is 3.20. The first-order chi connectivity index (χ1) is 5.22. The van der Waals surface area contributed by atoms with Gasteiger partial charge >= 0.3 is 0 Å². The van der Waals surface area contributed by atoms with Gasteiger partial charge in [-0.15, -0.1) is 0 Å². The Morgan fingerprint density at radius 2 is 1.73 bits per heavy atom. The van der Waals surface area contributed by atoms with Gasteiger partial charge in [-0.1, -0.05) is 13.8 Å². The molecular weight excluding hydrogens is 142 g/mol. The predicted octanol–water partition coefficient (Wildman–Crippen LogP) is 1.08. The van der Waals surface area contributed by atoms with Gasteiger partial charge in [-0.2, -0.15) is 0 Å². The van der Waals surface area contributed by atoms with Crippen LogP contribution in [0.3, 0.4) is 0 Å². The molecule has 11 heavy (non-hydrogen) atoms. The second kappa shape index (κ2) is 3.52. The highest BCUT2D eigenvalue weighted by molar-refractivity contribution is 4.77. The van der Waals surface area contributed by atoms with Gasteiger partial charge < -0.3 is 9.47 Å². The maximum Gasteiger partial charge on any atom is 0.213 e. The number of nitrogens with two attached hydrogens (primary N) is 1. The largest absolute Gasteiger partial charge is 0.339 e. The Balaban J connectivity index is 2.45. The smallest absolute Gasteiger partial charge is 0.213 e. The molecule has 0 spiro atoms. The van der Waals surface area contributed by atoms with E-state index in [1.54, 1.807) is 0 Å². The zero-order valence-electron chi connectivity index (χ0n) is 7.30. The lowest BCUT2D eigenvalue weighted by atomic mass is 9.84. The van der Waals surface area contributed by atoms with E-state index in [1.165, 1.54) is 0 Å². The molecule has 0 atom stereocenters. The highest BCUT2D eigenvalue weighted by Crippen LogP contribution is 2.30. The Labute approximate surface area is 67.9 Å². The highest BCUT2D eigenvalue weighted by atomic mass is 16.7. The average Bonchev–Trinajstić information content (AvgIpc) is 2.07. The van der Waals surface area contributed by atoms with Crippen molar-refractivity contribution in [1.82, 2.24) is 0 Å². The molecule has 1 aliphatic heterocycles. The molecule has 0 aliphatic carbocycles. The van der Waals surface area contributed by atoms with Gasteiger partial charge in [0.2, 0.25) is 6.41 Å². The first-order valence-electron chi connectivity index (χ1n) is 4.21. The van der Waals surface area contributed by atoms with Crippen LogP contribution in [0, 0.1) is 5.41 Å². The van der Waals surface area contributed by atoms with Crippen molar-refractivity contribution in [2.45, 2.75) is 33.1 Å². The fraction of sp³-hybridized carbons (Fsp3) is 1.00. The fourth-order valence-electron chi connectivity index (χ4n) is 1.27. The third-order valence-electron chi connectivity index (χ3n) is 2.61. The van der Waals surface area contributed by atoms with Gasteiger partial charge in [0.05, 0.1) is 13.2 Å². The lowest BCUT2D eigenvalue weighted by Gasteiger charge is -2.37. The van der Waals surface area contributed by atoms with Crippen molar-refractivity contribution in [1.29, 1.82) is 0 Å². The van der Waals surface area contributed by atoms with Gasteiger partial charge in [0.15, 0.2) is 0 Å². The Bertz CT molecular complexity index is 113. The summed E-state index contributed by atoms with van der Waals surface area (Å²) in [4.78, 5) is 0. The van der Waals surface area contributed by atoms with Crippen LogP contribution in [0.15, 0.2) is 0 Å². The minimum Gasteiger partial charge on any atom is -0.339 e. The zero-order valence-corrected chi connectivity index (χ0v) is 7.30. The second-order valence-corrected chi connectivity index (χ2v) is 3.20. The van der Waals surface area contributed by atoms with E-state index < -0.39 is 6.41 Å². The molecule has 3 heteroatoms. The van der Waals surface area contributed by atoms with Crippen LogP contribution in [0.2, 0.25) is 0 Å². The Morgan fingerprint density at radius 1 is 1.27 bits per heavy atom. The van der Waals surface area contributed by atoms with E-state index in [-0.39, 0.29) is 5.41 Å². The summed E-state index contributed by atoms with van der Waals surface area (Å²) in [6.45, 7) is 5.79. The maximum atomic E-state index is 5.42. The van der Waals surface area contributed by atoms with Gasteiger partial charge in [0.25, 0.3) is 0 Å². The summed E-state index contributed by atoms with van der Waals surface area (Å²) in [6.07, 6.45) is 1.69. The van der Waals surface area contributed by atoms with Crippen LogP contribution in [0.1, 0.15) is 26.7 Å². The molecule has 0 amide bonds. The summed E-state index contributed by atoms with van der Waals surface area (Å²) in [6, 6.07) is 0. The van der Waals surface area contributed by atoms with Gasteiger partial charge in [-0.25, -0.2) is 0 Å². The molecule has 3 nitrogen and oxygen atoms in total. The van der Waals surface area contributed by atoms with E-state index in [9.17, 15) is 0 Å². The molecule has 1 aliphatic rings. The van der Waals surface area contributed by atoms with Gasteiger partial charge in [0.1, 0.15) is 0 Å². The summed E-state index contributed by atoms with van der Waals surface area (Å²) in [5.74, 6) is 0. The highest BCUT2D eigenvalue weighted by Gasteiger charge is 2.32. The van der Waals surface area contributed by atoms with Crippen LogP contribution in [0.5, 0.6) is 0 Å². The number of hydrogen-bond donors (Lipinski definition) is 1. The lowest BCUT2D eigenvalue weighted by Crippen LogP contribution is -2.44. The summed E-state index contributed by atoms with van der Waals surface area (Å²) < 4.78 is 10.5. The van der Waals surface area contributed by atoms with Crippen molar-refractivity contribution in [3.8, 4) is 0 Å². The molecule has 0 aromatic heterocycles. The molecule has 1 fully saturated rings. The molecule has 2 N–H and O–H groups in total. The van der Waals surface area contributed by atoms with Crippen molar-refractivity contribution in [2.75, 3.05) is 13.2 Å². The molecule has 1 heterocycles. The maximum absolute atomic E-state index is 5.42. The van der Waals surface area contributed by atoms with E-state index in [4.69, 9.17) is 15.2 Å². The predicted molar refractivity (Wildman–Crippen MR) is 42.9 cm³/mol. The van der Waals surface area contributed by atoms with Crippen LogP contribution in [0.25, 0.3) is 0 Å².